The first-order valence-electron chi connectivity index (χ1n) is 7.09. The summed E-state index contributed by atoms with van der Waals surface area (Å²) in [6.07, 6.45) is 0. The molecule has 0 saturated carbocycles. The van der Waals surface area contributed by atoms with Crippen molar-refractivity contribution in [2.75, 3.05) is 6.54 Å². The standard InChI is InChI=1S/C16H21FN2OS/c1-11(2)8-18-9-15-12(3)19-16(21-15)10-20-14-7-5-4-6-13(14)17/h4-7,11,18H,8-10H2,1-3H3. The number of nitrogens with one attached hydrogen (secondary N) is 1. The minimum Gasteiger partial charge on any atom is -0.483 e. The molecule has 0 aliphatic rings. The van der Waals surface area contributed by atoms with Gasteiger partial charge in [0.05, 0.1) is 5.69 Å². The summed E-state index contributed by atoms with van der Waals surface area (Å²) in [5.74, 6) is 0.552. The van der Waals surface area contributed by atoms with Crippen molar-refractivity contribution in [2.45, 2.75) is 33.9 Å². The molecular formula is C16H21FN2OS. The molecule has 114 valence electrons. The number of aryl methyl sites for hydroxylation is 1. The van der Waals surface area contributed by atoms with Crippen LogP contribution in [0.15, 0.2) is 24.3 Å². The third kappa shape index (κ3) is 4.79. The molecule has 1 aromatic carbocycles. The molecule has 2 aromatic rings. The molecule has 0 aliphatic heterocycles. The summed E-state index contributed by atoms with van der Waals surface area (Å²) in [5.41, 5.74) is 1.02. The first-order valence-corrected chi connectivity index (χ1v) is 7.91. The maximum atomic E-state index is 13.5. The van der Waals surface area contributed by atoms with Crippen molar-refractivity contribution >= 4 is 11.3 Å². The number of ether oxygens (including phenoxy) is 1. The Morgan fingerprint density at radius 2 is 2.10 bits per heavy atom. The van der Waals surface area contributed by atoms with E-state index in [0.29, 0.717) is 12.5 Å². The summed E-state index contributed by atoms with van der Waals surface area (Å²) in [5, 5.41) is 4.28. The average Bonchev–Trinajstić information content (AvgIpc) is 2.78. The van der Waals surface area contributed by atoms with Gasteiger partial charge in [0, 0.05) is 11.4 Å². The van der Waals surface area contributed by atoms with Crippen LogP contribution < -0.4 is 10.1 Å². The highest BCUT2D eigenvalue weighted by atomic mass is 32.1. The lowest BCUT2D eigenvalue weighted by Crippen LogP contribution is -2.18. The fraction of sp³-hybridized carbons (Fsp3) is 0.438. The van der Waals surface area contributed by atoms with Gasteiger partial charge in [-0.3, -0.25) is 0 Å². The lowest BCUT2D eigenvalue weighted by Gasteiger charge is -2.05. The Morgan fingerprint density at radius 3 is 2.81 bits per heavy atom. The SMILES string of the molecule is Cc1nc(COc2ccccc2F)sc1CNCC(C)C. The fourth-order valence-electron chi connectivity index (χ4n) is 1.89. The van der Waals surface area contributed by atoms with Crippen LogP contribution in [0.4, 0.5) is 4.39 Å². The van der Waals surface area contributed by atoms with Crippen molar-refractivity contribution in [1.82, 2.24) is 10.3 Å². The Bertz CT molecular complexity index is 583. The van der Waals surface area contributed by atoms with E-state index < -0.39 is 0 Å². The molecule has 0 aliphatic carbocycles. The maximum absolute atomic E-state index is 13.5. The molecule has 2 rings (SSSR count). The van der Waals surface area contributed by atoms with Crippen LogP contribution in [0, 0.1) is 18.7 Å². The molecule has 0 spiro atoms. The number of rotatable bonds is 7. The van der Waals surface area contributed by atoms with Crippen molar-refractivity contribution in [3.63, 3.8) is 0 Å². The molecule has 0 unspecified atom stereocenters. The highest BCUT2D eigenvalue weighted by Crippen LogP contribution is 2.21. The average molecular weight is 308 g/mol. The highest BCUT2D eigenvalue weighted by Gasteiger charge is 2.09. The smallest absolute Gasteiger partial charge is 0.165 e. The summed E-state index contributed by atoms with van der Waals surface area (Å²) >= 11 is 1.62. The summed E-state index contributed by atoms with van der Waals surface area (Å²) in [6, 6.07) is 6.42. The van der Waals surface area contributed by atoms with Gasteiger partial charge in [-0.1, -0.05) is 26.0 Å². The molecule has 1 heterocycles. The maximum Gasteiger partial charge on any atom is 0.165 e. The lowest BCUT2D eigenvalue weighted by molar-refractivity contribution is 0.289. The number of thiazole rings is 1. The van der Waals surface area contributed by atoms with Crippen LogP contribution in [0.5, 0.6) is 5.75 Å². The van der Waals surface area contributed by atoms with E-state index in [-0.39, 0.29) is 11.6 Å². The predicted molar refractivity (Wildman–Crippen MR) is 84.1 cm³/mol. The Balaban J connectivity index is 1.91. The molecule has 0 fully saturated rings. The zero-order chi connectivity index (χ0) is 15.2. The predicted octanol–water partition coefficient (Wildman–Crippen LogP) is 3.92. The Kier molecular flexibility index (Phi) is 5.70. The first kappa shape index (κ1) is 15.9. The normalized spacial score (nSPS) is 11.1. The lowest BCUT2D eigenvalue weighted by atomic mass is 10.2. The van der Waals surface area contributed by atoms with Gasteiger partial charge >= 0.3 is 0 Å². The molecule has 0 atom stereocenters. The zero-order valence-electron chi connectivity index (χ0n) is 12.6. The summed E-state index contributed by atoms with van der Waals surface area (Å²) in [4.78, 5) is 5.70. The Hall–Kier alpha value is -1.46. The van der Waals surface area contributed by atoms with Gasteiger partial charge in [0.2, 0.25) is 0 Å². The number of nitrogens with zero attached hydrogens (tertiary/aromatic N) is 1. The second kappa shape index (κ2) is 7.52. The molecule has 21 heavy (non-hydrogen) atoms. The van der Waals surface area contributed by atoms with E-state index in [1.165, 1.54) is 10.9 Å². The Labute approximate surface area is 129 Å². The second-order valence-electron chi connectivity index (χ2n) is 5.36. The molecule has 0 amide bonds. The number of aromatic nitrogens is 1. The van der Waals surface area contributed by atoms with E-state index in [1.54, 1.807) is 29.5 Å². The second-order valence-corrected chi connectivity index (χ2v) is 6.53. The summed E-state index contributed by atoms with van der Waals surface area (Å²) in [6.45, 7) is 8.46. The van der Waals surface area contributed by atoms with Gasteiger partial charge in [0.15, 0.2) is 11.6 Å². The molecule has 0 radical (unpaired) electrons. The van der Waals surface area contributed by atoms with Crippen molar-refractivity contribution in [1.29, 1.82) is 0 Å². The minimum atomic E-state index is -0.343. The van der Waals surface area contributed by atoms with Crippen molar-refractivity contribution in [3.05, 3.63) is 45.7 Å². The van der Waals surface area contributed by atoms with Crippen molar-refractivity contribution in [2.24, 2.45) is 5.92 Å². The van der Waals surface area contributed by atoms with Crippen LogP contribution in [0.2, 0.25) is 0 Å². The van der Waals surface area contributed by atoms with Gasteiger partial charge in [-0.2, -0.15) is 0 Å². The molecule has 1 aromatic heterocycles. The van der Waals surface area contributed by atoms with Crippen LogP contribution in [0.1, 0.15) is 29.4 Å². The molecule has 1 N–H and O–H groups in total. The van der Waals surface area contributed by atoms with Gasteiger partial charge in [0.25, 0.3) is 0 Å². The van der Waals surface area contributed by atoms with E-state index in [0.717, 1.165) is 23.8 Å². The largest absolute Gasteiger partial charge is 0.483 e. The van der Waals surface area contributed by atoms with Gasteiger partial charge in [-0.15, -0.1) is 11.3 Å². The topological polar surface area (TPSA) is 34.1 Å². The van der Waals surface area contributed by atoms with Crippen molar-refractivity contribution < 1.29 is 9.13 Å². The third-order valence-corrected chi connectivity index (χ3v) is 4.09. The number of halogens is 1. The van der Waals surface area contributed by atoms with Crippen LogP contribution in [-0.4, -0.2) is 11.5 Å². The molecule has 0 bridgehead atoms. The van der Waals surface area contributed by atoms with Gasteiger partial charge in [-0.25, -0.2) is 9.37 Å². The van der Waals surface area contributed by atoms with Crippen LogP contribution >= 0.6 is 11.3 Å². The molecular weight excluding hydrogens is 287 g/mol. The van der Waals surface area contributed by atoms with Crippen molar-refractivity contribution in [3.8, 4) is 5.75 Å². The van der Waals surface area contributed by atoms with Gasteiger partial charge in [-0.05, 0) is 31.5 Å². The first-order chi connectivity index (χ1) is 10.1. The van der Waals surface area contributed by atoms with Gasteiger partial charge < -0.3 is 10.1 Å². The van der Waals surface area contributed by atoms with E-state index in [1.807, 2.05) is 6.92 Å². The van der Waals surface area contributed by atoms with Crippen LogP contribution in [0.25, 0.3) is 0 Å². The van der Waals surface area contributed by atoms with Gasteiger partial charge in [0.1, 0.15) is 11.6 Å². The third-order valence-electron chi connectivity index (χ3n) is 2.96. The van der Waals surface area contributed by atoms with E-state index in [2.05, 4.69) is 24.1 Å². The van der Waals surface area contributed by atoms with E-state index in [4.69, 9.17) is 4.74 Å². The van der Waals surface area contributed by atoms with E-state index in [9.17, 15) is 4.39 Å². The minimum absolute atomic E-state index is 0.268. The fourth-order valence-corrected chi connectivity index (χ4v) is 2.84. The Morgan fingerprint density at radius 1 is 1.33 bits per heavy atom. The van der Waals surface area contributed by atoms with Crippen LogP contribution in [0.3, 0.4) is 0 Å². The summed E-state index contributed by atoms with van der Waals surface area (Å²) < 4.78 is 19.0. The quantitative estimate of drug-likeness (QED) is 0.842. The monoisotopic (exact) mass is 308 g/mol. The molecule has 5 heteroatoms. The van der Waals surface area contributed by atoms with Crippen LogP contribution in [-0.2, 0) is 13.2 Å². The molecule has 0 saturated heterocycles. The number of para-hydroxylation sites is 1. The highest BCUT2D eigenvalue weighted by molar-refractivity contribution is 7.11. The summed E-state index contributed by atoms with van der Waals surface area (Å²) in [7, 11) is 0. The number of benzene rings is 1. The number of hydrogen-bond acceptors (Lipinski definition) is 4. The molecule has 3 nitrogen and oxygen atoms in total. The van der Waals surface area contributed by atoms with E-state index >= 15 is 0 Å². The zero-order valence-corrected chi connectivity index (χ0v) is 13.5. The number of hydrogen-bond donors (Lipinski definition) is 1.